The summed E-state index contributed by atoms with van der Waals surface area (Å²) in [6, 6.07) is 8.05. The van der Waals surface area contributed by atoms with Crippen LogP contribution in [-0.4, -0.2) is 56.7 Å². The van der Waals surface area contributed by atoms with Crippen LogP contribution in [0.15, 0.2) is 48.7 Å². The lowest BCUT2D eigenvalue weighted by molar-refractivity contribution is -0.143. The third kappa shape index (κ3) is 7.47. The van der Waals surface area contributed by atoms with E-state index in [9.17, 15) is 30.7 Å². The Morgan fingerprint density at radius 3 is 1.88 bits per heavy atom. The minimum absolute atomic E-state index is 0. The van der Waals surface area contributed by atoms with Crippen LogP contribution in [0.5, 0.6) is 0 Å². The molecule has 1 fully saturated rings. The van der Waals surface area contributed by atoms with Crippen LogP contribution >= 0.6 is 12.4 Å². The normalized spacial score (nSPS) is 15.0. The van der Waals surface area contributed by atoms with Gasteiger partial charge in [0.15, 0.2) is 0 Å². The highest BCUT2D eigenvalue weighted by molar-refractivity contribution is 5.85. The van der Waals surface area contributed by atoms with E-state index < -0.39 is 28.9 Å². The number of piperazine rings is 1. The molecule has 0 N–H and O–H groups in total. The molecule has 4 rings (SSSR count). The van der Waals surface area contributed by atoms with Crippen molar-refractivity contribution < 1.29 is 30.7 Å². The van der Waals surface area contributed by atoms with Gasteiger partial charge in [0, 0.05) is 50.7 Å². The molecule has 1 aromatic heterocycles. The molecule has 230 valence electrons. The highest BCUT2D eigenvalue weighted by atomic mass is 35.5. The zero-order chi connectivity index (χ0) is 30.3. The van der Waals surface area contributed by atoms with Crippen molar-refractivity contribution in [3.8, 4) is 11.1 Å². The molecule has 0 spiro atoms. The monoisotopic (exact) mass is 618 g/mol. The van der Waals surface area contributed by atoms with Crippen molar-refractivity contribution in [2.24, 2.45) is 0 Å². The van der Waals surface area contributed by atoms with Gasteiger partial charge in [0.2, 0.25) is 0 Å². The Labute approximate surface area is 247 Å². The first-order valence-electron chi connectivity index (χ1n) is 13.2. The van der Waals surface area contributed by atoms with Crippen LogP contribution in [0.2, 0.25) is 0 Å². The van der Waals surface area contributed by atoms with Gasteiger partial charge in [-0.05, 0) is 67.1 Å². The molecule has 2 heterocycles. The lowest BCUT2D eigenvalue weighted by atomic mass is 9.82. The third-order valence-corrected chi connectivity index (χ3v) is 7.59. The minimum atomic E-state index is -4.94. The smallest absolute Gasteiger partial charge is 0.372 e. The molecule has 1 aliphatic rings. The molecule has 0 aliphatic carbocycles. The molecule has 1 saturated heterocycles. The summed E-state index contributed by atoms with van der Waals surface area (Å²) in [5, 5.41) is 0. The fourth-order valence-corrected chi connectivity index (χ4v) is 5.21. The summed E-state index contributed by atoms with van der Waals surface area (Å²) in [6.45, 7) is 8.33. The van der Waals surface area contributed by atoms with E-state index in [1.54, 1.807) is 45.0 Å². The number of likely N-dealkylation sites (N-methyl/N-ethyl adjacent to an activating group) is 2. The lowest BCUT2D eigenvalue weighted by Crippen LogP contribution is -2.44. The minimum Gasteiger partial charge on any atom is -0.372 e. The Bertz CT molecular complexity index is 1370. The Kier molecular flexibility index (Phi) is 9.78. The second-order valence-electron chi connectivity index (χ2n) is 11.3. The molecule has 0 saturated carbocycles. The first-order chi connectivity index (χ1) is 19.0. The van der Waals surface area contributed by atoms with Crippen molar-refractivity contribution >= 4 is 23.9 Å². The Balaban J connectivity index is 0.00000484. The Morgan fingerprint density at radius 1 is 0.810 bits per heavy atom. The molecular formula is C30H34ClF7N4. The van der Waals surface area contributed by atoms with Crippen LogP contribution in [0.3, 0.4) is 0 Å². The van der Waals surface area contributed by atoms with E-state index in [1.165, 1.54) is 12.1 Å². The number of alkyl halides is 6. The maximum Gasteiger partial charge on any atom is 0.416 e. The van der Waals surface area contributed by atoms with Crippen molar-refractivity contribution in [3.63, 3.8) is 0 Å². The number of pyridine rings is 1. The van der Waals surface area contributed by atoms with Gasteiger partial charge >= 0.3 is 12.4 Å². The van der Waals surface area contributed by atoms with Gasteiger partial charge in [0.05, 0.1) is 23.0 Å². The fourth-order valence-electron chi connectivity index (χ4n) is 5.21. The molecule has 42 heavy (non-hydrogen) atoms. The van der Waals surface area contributed by atoms with Gasteiger partial charge in [-0.15, -0.1) is 12.4 Å². The van der Waals surface area contributed by atoms with Crippen LogP contribution in [0.4, 0.5) is 42.2 Å². The number of rotatable bonds is 6. The van der Waals surface area contributed by atoms with Crippen LogP contribution in [-0.2, 0) is 17.8 Å². The zero-order valence-electron chi connectivity index (χ0n) is 24.0. The van der Waals surface area contributed by atoms with Gasteiger partial charge in [0.1, 0.15) is 11.6 Å². The number of aryl methyl sites for hydroxylation is 1. The third-order valence-electron chi connectivity index (χ3n) is 7.59. The summed E-state index contributed by atoms with van der Waals surface area (Å²) < 4.78 is 95.3. The predicted molar refractivity (Wildman–Crippen MR) is 154 cm³/mol. The molecule has 4 nitrogen and oxygen atoms in total. The van der Waals surface area contributed by atoms with E-state index in [0.717, 1.165) is 55.3 Å². The van der Waals surface area contributed by atoms with Gasteiger partial charge in [-0.1, -0.05) is 19.9 Å². The van der Waals surface area contributed by atoms with Gasteiger partial charge in [-0.2, -0.15) is 26.3 Å². The van der Waals surface area contributed by atoms with Crippen molar-refractivity contribution in [1.82, 2.24) is 9.88 Å². The number of anilines is 2. The van der Waals surface area contributed by atoms with Gasteiger partial charge in [0.25, 0.3) is 0 Å². The van der Waals surface area contributed by atoms with Crippen molar-refractivity contribution in [2.45, 2.75) is 38.5 Å². The quantitative estimate of drug-likeness (QED) is 0.263. The molecule has 0 atom stereocenters. The molecule has 3 aromatic rings. The largest absolute Gasteiger partial charge is 0.416 e. The Hall–Kier alpha value is -3.05. The summed E-state index contributed by atoms with van der Waals surface area (Å²) in [7, 11) is 3.76. The standard InChI is InChI=1S/C30H33F7N4.ClH/c1-19-12-23(31)6-7-24(19)25-16-27(41-10-8-39(4)9-11-41)38-17-26(25)40(5)18-28(2,3)20-13-21(29(32,33)34)15-22(14-20)30(35,36)37;/h6-7,12-17H,8-11,18H2,1-5H3;1H. The number of nitrogens with zero attached hydrogens (tertiary/aromatic N) is 4. The lowest BCUT2D eigenvalue weighted by Gasteiger charge is -2.35. The molecule has 12 heteroatoms. The van der Waals surface area contributed by atoms with Gasteiger partial charge in [-0.25, -0.2) is 9.37 Å². The number of aromatic nitrogens is 1. The summed E-state index contributed by atoms with van der Waals surface area (Å²) in [6.07, 6.45) is -8.21. The molecule has 0 radical (unpaired) electrons. The summed E-state index contributed by atoms with van der Waals surface area (Å²) >= 11 is 0. The SMILES string of the molecule is Cc1cc(F)ccc1-c1cc(N2CCN(C)CC2)ncc1N(C)CC(C)(C)c1cc(C(F)(F)F)cc(C(F)(F)F)c1.Cl. The average Bonchev–Trinajstić information content (AvgIpc) is 2.87. The maximum atomic E-state index is 14.0. The maximum absolute atomic E-state index is 14.0. The second kappa shape index (κ2) is 12.3. The molecular weight excluding hydrogens is 585 g/mol. The van der Waals surface area contributed by atoms with E-state index >= 15 is 0 Å². The number of hydrogen-bond acceptors (Lipinski definition) is 4. The van der Waals surface area contributed by atoms with Crippen LogP contribution in [0.25, 0.3) is 11.1 Å². The predicted octanol–water partition coefficient (Wildman–Crippen LogP) is 7.82. The summed E-state index contributed by atoms with van der Waals surface area (Å²) in [5.74, 6) is 0.349. The van der Waals surface area contributed by atoms with E-state index in [-0.39, 0.29) is 36.4 Å². The van der Waals surface area contributed by atoms with Crippen LogP contribution < -0.4 is 9.80 Å². The number of hydrogen-bond donors (Lipinski definition) is 0. The molecule has 2 aromatic carbocycles. The van der Waals surface area contributed by atoms with Crippen molar-refractivity contribution in [2.75, 3.05) is 56.6 Å². The molecule has 0 bridgehead atoms. The van der Waals surface area contributed by atoms with E-state index in [2.05, 4.69) is 14.8 Å². The molecule has 0 amide bonds. The summed E-state index contributed by atoms with van der Waals surface area (Å²) in [5.41, 5.74) is -1.12. The van der Waals surface area contributed by atoms with Gasteiger partial charge < -0.3 is 14.7 Å². The average molecular weight is 619 g/mol. The topological polar surface area (TPSA) is 22.6 Å². The first kappa shape index (κ1) is 33.5. The zero-order valence-corrected chi connectivity index (χ0v) is 24.8. The van der Waals surface area contributed by atoms with E-state index in [4.69, 9.17) is 0 Å². The number of benzene rings is 2. The van der Waals surface area contributed by atoms with E-state index in [0.29, 0.717) is 11.3 Å². The fraction of sp³-hybridized carbons (Fsp3) is 0.433. The number of halogens is 8. The van der Waals surface area contributed by atoms with Crippen molar-refractivity contribution in [1.29, 1.82) is 0 Å². The van der Waals surface area contributed by atoms with E-state index in [1.807, 2.05) is 13.1 Å². The van der Waals surface area contributed by atoms with Crippen LogP contribution in [0.1, 0.15) is 36.1 Å². The van der Waals surface area contributed by atoms with Crippen molar-refractivity contribution in [3.05, 3.63) is 76.7 Å². The summed E-state index contributed by atoms with van der Waals surface area (Å²) in [4.78, 5) is 10.8. The van der Waals surface area contributed by atoms with Crippen LogP contribution in [0, 0.1) is 12.7 Å². The second-order valence-corrected chi connectivity index (χ2v) is 11.3. The highest BCUT2D eigenvalue weighted by Gasteiger charge is 2.39. The molecule has 1 aliphatic heterocycles. The Morgan fingerprint density at radius 2 is 1.36 bits per heavy atom. The first-order valence-corrected chi connectivity index (χ1v) is 13.2. The highest BCUT2D eigenvalue weighted by Crippen LogP contribution is 2.41. The molecule has 0 unspecified atom stereocenters. The van der Waals surface area contributed by atoms with Gasteiger partial charge in [-0.3, -0.25) is 0 Å².